The van der Waals surface area contributed by atoms with Crippen molar-refractivity contribution < 1.29 is 18.1 Å². The molecule has 0 atom stereocenters. The first-order valence-corrected chi connectivity index (χ1v) is 9.70. The molecule has 0 radical (unpaired) electrons. The molecular formula is C17H18N4O5S. The van der Waals surface area contributed by atoms with E-state index in [4.69, 9.17) is 0 Å². The molecule has 1 aromatic carbocycles. The Labute approximate surface area is 156 Å². The molecule has 0 bridgehead atoms. The van der Waals surface area contributed by atoms with Crippen LogP contribution in [-0.4, -0.2) is 59.6 Å². The Hall–Kier alpha value is -2.85. The first kappa shape index (κ1) is 18.9. The minimum atomic E-state index is -3.89. The van der Waals surface area contributed by atoms with Gasteiger partial charge < -0.3 is 4.90 Å². The van der Waals surface area contributed by atoms with E-state index >= 15 is 0 Å². The zero-order chi connectivity index (χ0) is 19.6. The first-order chi connectivity index (χ1) is 12.8. The number of non-ortho nitro benzene ring substituents is 1. The van der Waals surface area contributed by atoms with Gasteiger partial charge in [0.25, 0.3) is 11.6 Å². The molecule has 1 aromatic heterocycles. The van der Waals surface area contributed by atoms with E-state index in [0.717, 1.165) is 6.07 Å². The van der Waals surface area contributed by atoms with E-state index in [2.05, 4.69) is 4.98 Å². The number of piperazine rings is 1. The van der Waals surface area contributed by atoms with Crippen molar-refractivity contribution in [3.63, 3.8) is 0 Å². The van der Waals surface area contributed by atoms with Crippen molar-refractivity contribution in [3.8, 4) is 0 Å². The quantitative estimate of drug-likeness (QED) is 0.577. The zero-order valence-corrected chi connectivity index (χ0v) is 15.4. The summed E-state index contributed by atoms with van der Waals surface area (Å²) >= 11 is 0. The van der Waals surface area contributed by atoms with Gasteiger partial charge in [-0.3, -0.25) is 19.9 Å². The number of aryl methyl sites for hydroxylation is 1. The van der Waals surface area contributed by atoms with Crippen molar-refractivity contribution >= 4 is 21.6 Å². The van der Waals surface area contributed by atoms with Crippen LogP contribution < -0.4 is 0 Å². The lowest BCUT2D eigenvalue weighted by Gasteiger charge is -2.34. The lowest BCUT2D eigenvalue weighted by Crippen LogP contribution is -2.50. The summed E-state index contributed by atoms with van der Waals surface area (Å²) in [5.41, 5.74) is 0.471. The molecule has 0 unspecified atom stereocenters. The highest BCUT2D eigenvalue weighted by Crippen LogP contribution is 2.25. The predicted molar refractivity (Wildman–Crippen MR) is 96.7 cm³/mol. The predicted octanol–water partition coefficient (Wildman–Crippen LogP) is 1.44. The van der Waals surface area contributed by atoms with E-state index in [1.807, 2.05) is 0 Å². The maximum atomic E-state index is 12.9. The van der Waals surface area contributed by atoms with Gasteiger partial charge in [0.15, 0.2) is 0 Å². The number of nitro benzene ring substituents is 1. The van der Waals surface area contributed by atoms with Crippen LogP contribution in [0.4, 0.5) is 5.69 Å². The molecule has 2 heterocycles. The van der Waals surface area contributed by atoms with Crippen LogP contribution in [0.3, 0.4) is 0 Å². The number of pyridine rings is 1. The van der Waals surface area contributed by atoms with E-state index in [0.29, 0.717) is 11.3 Å². The first-order valence-electron chi connectivity index (χ1n) is 8.26. The topological polar surface area (TPSA) is 114 Å². The second-order valence-corrected chi connectivity index (χ2v) is 8.02. The van der Waals surface area contributed by atoms with Crippen molar-refractivity contribution in [1.82, 2.24) is 14.2 Å². The van der Waals surface area contributed by atoms with Gasteiger partial charge in [0.1, 0.15) is 5.69 Å². The third kappa shape index (κ3) is 3.81. The van der Waals surface area contributed by atoms with Crippen LogP contribution >= 0.6 is 0 Å². The fourth-order valence-corrected chi connectivity index (χ4v) is 4.57. The normalized spacial score (nSPS) is 15.5. The fourth-order valence-electron chi connectivity index (χ4n) is 2.90. The van der Waals surface area contributed by atoms with Gasteiger partial charge in [-0.2, -0.15) is 4.31 Å². The lowest BCUT2D eigenvalue weighted by atomic mass is 10.2. The van der Waals surface area contributed by atoms with Gasteiger partial charge in [0.2, 0.25) is 10.0 Å². The maximum absolute atomic E-state index is 12.9. The lowest BCUT2D eigenvalue weighted by molar-refractivity contribution is -0.385. The number of hydrogen-bond donors (Lipinski definition) is 0. The van der Waals surface area contributed by atoms with Crippen molar-refractivity contribution in [2.75, 3.05) is 26.2 Å². The van der Waals surface area contributed by atoms with Crippen molar-refractivity contribution in [3.05, 3.63) is 64.0 Å². The molecule has 1 fully saturated rings. The van der Waals surface area contributed by atoms with Crippen molar-refractivity contribution in [2.45, 2.75) is 11.8 Å². The number of carbonyl (C=O) groups is 1. The Kier molecular flexibility index (Phi) is 5.19. The van der Waals surface area contributed by atoms with Crippen LogP contribution in [0.15, 0.2) is 47.5 Å². The molecule has 0 spiro atoms. The molecule has 1 amide bonds. The van der Waals surface area contributed by atoms with Gasteiger partial charge in [0.05, 0.1) is 9.82 Å². The Morgan fingerprint density at radius 2 is 1.85 bits per heavy atom. The summed E-state index contributed by atoms with van der Waals surface area (Å²) in [4.78, 5) is 28.3. The Bertz CT molecular complexity index is 970. The monoisotopic (exact) mass is 390 g/mol. The summed E-state index contributed by atoms with van der Waals surface area (Å²) in [5, 5.41) is 11.0. The van der Waals surface area contributed by atoms with Crippen LogP contribution in [0.5, 0.6) is 0 Å². The number of amides is 1. The number of rotatable bonds is 4. The maximum Gasteiger partial charge on any atom is 0.272 e. The van der Waals surface area contributed by atoms with Crippen molar-refractivity contribution in [1.29, 1.82) is 0 Å². The second kappa shape index (κ2) is 7.41. The number of nitrogens with zero attached hydrogens (tertiary/aromatic N) is 4. The smallest absolute Gasteiger partial charge is 0.272 e. The third-order valence-corrected chi connectivity index (χ3v) is 6.45. The van der Waals surface area contributed by atoms with Gasteiger partial charge in [-0.05, 0) is 24.6 Å². The number of sulfonamides is 1. The Morgan fingerprint density at radius 3 is 2.44 bits per heavy atom. The minimum Gasteiger partial charge on any atom is -0.335 e. The van der Waals surface area contributed by atoms with Crippen LogP contribution in [0.2, 0.25) is 0 Å². The largest absolute Gasteiger partial charge is 0.335 e. The molecule has 3 rings (SSSR count). The average molecular weight is 390 g/mol. The highest BCUT2D eigenvalue weighted by atomic mass is 32.2. The summed E-state index contributed by atoms with van der Waals surface area (Å²) in [6.07, 6.45) is 1.53. The number of benzene rings is 1. The Balaban J connectivity index is 1.76. The molecule has 2 aromatic rings. The van der Waals surface area contributed by atoms with Crippen molar-refractivity contribution in [2.24, 2.45) is 0 Å². The van der Waals surface area contributed by atoms with Crippen LogP contribution in [-0.2, 0) is 10.0 Å². The number of nitro groups is 1. The second-order valence-electron chi connectivity index (χ2n) is 6.12. The van der Waals surface area contributed by atoms with Crippen LogP contribution in [0, 0.1) is 17.0 Å². The average Bonchev–Trinajstić information content (AvgIpc) is 2.68. The molecule has 1 aliphatic rings. The van der Waals surface area contributed by atoms with Gasteiger partial charge in [-0.15, -0.1) is 0 Å². The standard InChI is InChI=1S/C17H18N4O5S/c1-13-5-6-14(21(23)24)12-16(13)27(25,26)20-10-8-19(9-11-20)17(22)15-4-2-3-7-18-15/h2-7,12H,8-11H2,1H3. The van der Waals surface area contributed by atoms with E-state index < -0.39 is 14.9 Å². The molecule has 9 nitrogen and oxygen atoms in total. The summed E-state index contributed by atoms with van der Waals surface area (Å²) < 4.78 is 27.1. The van der Waals surface area contributed by atoms with E-state index in [1.54, 1.807) is 30.0 Å². The molecule has 10 heteroatoms. The van der Waals surface area contributed by atoms with E-state index in [9.17, 15) is 23.3 Å². The molecule has 0 saturated carbocycles. The number of hydrogen-bond acceptors (Lipinski definition) is 6. The number of aromatic nitrogens is 1. The molecule has 0 aliphatic carbocycles. The fraction of sp³-hybridized carbons (Fsp3) is 0.294. The molecule has 27 heavy (non-hydrogen) atoms. The molecule has 1 saturated heterocycles. The summed E-state index contributed by atoms with van der Waals surface area (Å²) in [5.74, 6) is -0.251. The zero-order valence-electron chi connectivity index (χ0n) is 14.6. The molecule has 1 aliphatic heterocycles. The Morgan fingerprint density at radius 1 is 1.15 bits per heavy atom. The highest BCUT2D eigenvalue weighted by Gasteiger charge is 2.32. The summed E-state index contributed by atoms with van der Waals surface area (Å²) in [6, 6.07) is 8.81. The summed E-state index contributed by atoms with van der Waals surface area (Å²) in [6.45, 7) is 2.27. The van der Waals surface area contributed by atoms with Gasteiger partial charge in [-0.1, -0.05) is 12.1 Å². The van der Waals surface area contributed by atoms with Gasteiger partial charge in [-0.25, -0.2) is 8.42 Å². The van der Waals surface area contributed by atoms with Crippen LogP contribution in [0.1, 0.15) is 16.1 Å². The van der Waals surface area contributed by atoms with E-state index in [-0.39, 0.29) is 42.7 Å². The molecular weight excluding hydrogens is 372 g/mol. The minimum absolute atomic E-state index is 0.0822. The van der Waals surface area contributed by atoms with E-state index in [1.165, 1.54) is 22.6 Å². The highest BCUT2D eigenvalue weighted by molar-refractivity contribution is 7.89. The van der Waals surface area contributed by atoms with Gasteiger partial charge in [0, 0.05) is 44.5 Å². The number of carbonyl (C=O) groups excluding carboxylic acids is 1. The van der Waals surface area contributed by atoms with Gasteiger partial charge >= 0.3 is 0 Å². The summed E-state index contributed by atoms with van der Waals surface area (Å²) in [7, 11) is -3.89. The molecule has 142 valence electrons. The third-order valence-electron chi connectivity index (χ3n) is 4.41. The van der Waals surface area contributed by atoms with Crippen LogP contribution in [0.25, 0.3) is 0 Å². The SMILES string of the molecule is Cc1ccc([N+](=O)[O-])cc1S(=O)(=O)N1CCN(C(=O)c2ccccn2)CC1. The molecule has 0 N–H and O–H groups in total.